The van der Waals surface area contributed by atoms with Crippen LogP contribution in [0, 0.1) is 13.8 Å². The molecule has 1 aromatic carbocycles. The van der Waals surface area contributed by atoms with Gasteiger partial charge in [0.1, 0.15) is 51.2 Å². The first-order chi connectivity index (χ1) is 11.6. The van der Waals surface area contributed by atoms with Crippen LogP contribution in [0.15, 0.2) is 18.2 Å². The highest BCUT2D eigenvalue weighted by molar-refractivity contribution is 5.33. The van der Waals surface area contributed by atoms with Crippen LogP contribution in [0.3, 0.4) is 0 Å². The van der Waals surface area contributed by atoms with Gasteiger partial charge in [-0.3, -0.25) is 0 Å². The molecule has 1 aliphatic rings. The highest BCUT2D eigenvalue weighted by Crippen LogP contribution is 2.16. The first-order valence-electron chi connectivity index (χ1n) is 9.21. The minimum Gasteiger partial charge on any atom is -0.491 e. The van der Waals surface area contributed by atoms with E-state index in [1.165, 1.54) is 35.7 Å². The van der Waals surface area contributed by atoms with Crippen molar-refractivity contribution < 1.29 is 24.4 Å². The molecule has 5 nitrogen and oxygen atoms in total. The maximum Gasteiger partial charge on any atom is 0.127 e. The van der Waals surface area contributed by atoms with Crippen molar-refractivity contribution in [3.8, 4) is 5.75 Å². The molecule has 1 aliphatic heterocycles. The molecule has 0 aliphatic carbocycles. The molecule has 0 bridgehead atoms. The minimum absolute atomic E-state index is 0.384. The van der Waals surface area contributed by atoms with E-state index < -0.39 is 0 Å². The van der Waals surface area contributed by atoms with Crippen LogP contribution in [0.1, 0.15) is 18.1 Å². The van der Waals surface area contributed by atoms with Crippen LogP contribution in [-0.4, -0.2) is 70.3 Å². The van der Waals surface area contributed by atoms with E-state index >= 15 is 0 Å². The van der Waals surface area contributed by atoms with Gasteiger partial charge in [-0.05, 0) is 44.0 Å². The summed E-state index contributed by atoms with van der Waals surface area (Å²) in [4.78, 5) is 3.17. The van der Waals surface area contributed by atoms with E-state index in [0.717, 1.165) is 25.4 Å². The number of piperazine rings is 1. The molecule has 3 N–H and O–H groups in total. The lowest BCUT2D eigenvalue weighted by atomic mass is 10.1. The number of aliphatic hydroxyl groups excluding tert-OH is 1. The lowest BCUT2D eigenvalue weighted by Crippen LogP contribution is -3.28. The van der Waals surface area contributed by atoms with Crippen molar-refractivity contribution in [3.05, 3.63) is 29.3 Å². The van der Waals surface area contributed by atoms with E-state index in [2.05, 4.69) is 26.8 Å². The van der Waals surface area contributed by atoms with E-state index in [0.29, 0.717) is 19.8 Å². The summed E-state index contributed by atoms with van der Waals surface area (Å²) in [6.07, 6.45) is -0.384. The van der Waals surface area contributed by atoms with Gasteiger partial charge in [0.05, 0.1) is 19.8 Å². The molecule has 0 amide bonds. The highest BCUT2D eigenvalue weighted by atomic mass is 16.5. The Hall–Kier alpha value is -1.14. The van der Waals surface area contributed by atoms with Crippen LogP contribution in [0.25, 0.3) is 0 Å². The summed E-state index contributed by atoms with van der Waals surface area (Å²) in [5, 5.41) is 10.1. The number of hydrogen-bond acceptors (Lipinski definition) is 3. The van der Waals surface area contributed by atoms with Crippen LogP contribution in [0.2, 0.25) is 0 Å². The van der Waals surface area contributed by atoms with Crippen LogP contribution in [-0.2, 0) is 4.74 Å². The molecule has 2 rings (SSSR count). The normalized spacial score (nSPS) is 22.3. The zero-order valence-corrected chi connectivity index (χ0v) is 15.4. The molecule has 0 saturated carbocycles. The van der Waals surface area contributed by atoms with Crippen molar-refractivity contribution >= 4 is 0 Å². The van der Waals surface area contributed by atoms with Gasteiger partial charge in [-0.2, -0.15) is 0 Å². The summed E-state index contributed by atoms with van der Waals surface area (Å²) < 4.78 is 11.2. The lowest BCUT2D eigenvalue weighted by molar-refractivity contribution is -1.01. The second-order valence-electron chi connectivity index (χ2n) is 6.88. The molecule has 24 heavy (non-hydrogen) atoms. The van der Waals surface area contributed by atoms with Gasteiger partial charge < -0.3 is 24.4 Å². The quantitative estimate of drug-likeness (QED) is 0.499. The Balaban J connectivity index is 1.54. The Morgan fingerprint density at radius 1 is 1.04 bits per heavy atom. The molecule has 1 saturated heterocycles. The number of hydrogen-bond donors (Lipinski definition) is 3. The SMILES string of the molecule is CC[NH+]1CC[NH+](C[C@H](O)COCCOc2ccc(C)c(C)c2)CC1. The average Bonchev–Trinajstić information content (AvgIpc) is 2.58. The molecular formula is C19H34N2O3+2. The molecule has 1 fully saturated rings. The Morgan fingerprint density at radius 3 is 2.42 bits per heavy atom. The fourth-order valence-corrected chi connectivity index (χ4v) is 3.15. The van der Waals surface area contributed by atoms with Crippen LogP contribution in [0.4, 0.5) is 0 Å². The summed E-state index contributed by atoms with van der Waals surface area (Å²) >= 11 is 0. The monoisotopic (exact) mass is 338 g/mol. The van der Waals surface area contributed by atoms with Gasteiger partial charge in [0.25, 0.3) is 0 Å². The number of ether oxygens (including phenoxy) is 2. The molecule has 0 spiro atoms. The van der Waals surface area contributed by atoms with Crippen molar-refractivity contribution in [3.63, 3.8) is 0 Å². The van der Waals surface area contributed by atoms with E-state index in [-0.39, 0.29) is 6.10 Å². The number of likely N-dealkylation sites (N-methyl/N-ethyl adjacent to an activating group) is 1. The lowest BCUT2D eigenvalue weighted by Gasteiger charge is -2.30. The first kappa shape index (κ1) is 19.2. The van der Waals surface area contributed by atoms with Crippen LogP contribution in [0.5, 0.6) is 5.75 Å². The minimum atomic E-state index is -0.384. The fourth-order valence-electron chi connectivity index (χ4n) is 3.15. The maximum absolute atomic E-state index is 10.1. The van der Waals surface area contributed by atoms with E-state index in [1.54, 1.807) is 4.90 Å². The third-order valence-electron chi connectivity index (χ3n) is 4.97. The largest absolute Gasteiger partial charge is 0.491 e. The number of aliphatic hydroxyl groups is 1. The molecule has 0 aromatic heterocycles. The van der Waals surface area contributed by atoms with E-state index in [9.17, 15) is 5.11 Å². The zero-order valence-electron chi connectivity index (χ0n) is 15.4. The average molecular weight is 338 g/mol. The predicted octanol–water partition coefficient (Wildman–Crippen LogP) is -1.14. The number of nitrogens with one attached hydrogen (secondary N) is 2. The third kappa shape index (κ3) is 6.40. The summed E-state index contributed by atoms with van der Waals surface area (Å²) in [6.45, 7) is 14.5. The summed E-state index contributed by atoms with van der Waals surface area (Å²) in [7, 11) is 0. The molecule has 1 heterocycles. The summed E-state index contributed by atoms with van der Waals surface area (Å²) in [5.74, 6) is 0.878. The fraction of sp³-hybridized carbons (Fsp3) is 0.684. The highest BCUT2D eigenvalue weighted by Gasteiger charge is 2.23. The summed E-state index contributed by atoms with van der Waals surface area (Å²) in [5.41, 5.74) is 2.50. The van der Waals surface area contributed by atoms with Crippen molar-refractivity contribution in [2.24, 2.45) is 0 Å². The molecular weight excluding hydrogens is 304 g/mol. The standard InChI is InChI=1S/C19H32N2O3/c1-4-20-7-9-21(10-8-20)14-18(22)15-23-11-12-24-19-6-5-16(2)17(3)13-19/h5-6,13,18,22H,4,7-12,14-15H2,1-3H3/p+2/t18-/m0/s1. The second kappa shape index (κ2) is 9.99. The number of quaternary nitrogens is 2. The molecule has 0 radical (unpaired) electrons. The van der Waals surface area contributed by atoms with Crippen molar-refractivity contribution in [1.82, 2.24) is 0 Å². The topological polar surface area (TPSA) is 47.6 Å². The molecule has 5 heteroatoms. The van der Waals surface area contributed by atoms with Gasteiger partial charge in [0.15, 0.2) is 0 Å². The van der Waals surface area contributed by atoms with Crippen molar-refractivity contribution in [2.75, 3.05) is 59.1 Å². The smallest absolute Gasteiger partial charge is 0.127 e. The Bertz CT molecular complexity index is 488. The number of aryl methyl sites for hydroxylation is 2. The van der Waals surface area contributed by atoms with Gasteiger partial charge in [0, 0.05) is 0 Å². The van der Waals surface area contributed by atoms with Gasteiger partial charge in [0.2, 0.25) is 0 Å². The van der Waals surface area contributed by atoms with Crippen molar-refractivity contribution in [2.45, 2.75) is 26.9 Å². The Labute approximate surface area is 146 Å². The van der Waals surface area contributed by atoms with Crippen LogP contribution < -0.4 is 14.5 Å². The zero-order chi connectivity index (χ0) is 17.4. The Kier molecular flexibility index (Phi) is 7.99. The summed E-state index contributed by atoms with van der Waals surface area (Å²) in [6, 6.07) is 6.10. The first-order valence-corrected chi connectivity index (χ1v) is 9.21. The predicted molar refractivity (Wildman–Crippen MR) is 95.0 cm³/mol. The number of rotatable bonds is 9. The Morgan fingerprint density at radius 2 is 1.75 bits per heavy atom. The molecule has 1 aromatic rings. The number of benzene rings is 1. The van der Waals surface area contributed by atoms with E-state index in [4.69, 9.17) is 9.47 Å². The van der Waals surface area contributed by atoms with Crippen LogP contribution >= 0.6 is 0 Å². The molecule has 136 valence electrons. The maximum atomic E-state index is 10.1. The van der Waals surface area contributed by atoms with Gasteiger partial charge in [-0.15, -0.1) is 0 Å². The van der Waals surface area contributed by atoms with Gasteiger partial charge in [-0.1, -0.05) is 6.07 Å². The van der Waals surface area contributed by atoms with Gasteiger partial charge in [-0.25, -0.2) is 0 Å². The van der Waals surface area contributed by atoms with Crippen molar-refractivity contribution in [1.29, 1.82) is 0 Å². The molecule has 1 atom stereocenters. The van der Waals surface area contributed by atoms with E-state index in [1.807, 2.05) is 12.1 Å². The second-order valence-corrected chi connectivity index (χ2v) is 6.88. The molecule has 0 unspecified atom stereocenters. The van der Waals surface area contributed by atoms with Gasteiger partial charge >= 0.3 is 0 Å². The third-order valence-corrected chi connectivity index (χ3v) is 4.97.